The molecule has 26 heavy (non-hydrogen) atoms. The summed E-state index contributed by atoms with van der Waals surface area (Å²) >= 11 is 0. The lowest BCUT2D eigenvalue weighted by Gasteiger charge is -2.32. The van der Waals surface area contributed by atoms with Crippen molar-refractivity contribution in [2.45, 2.75) is 18.9 Å². The number of carbonyl (C=O) groups is 2. The van der Waals surface area contributed by atoms with Gasteiger partial charge in [-0.05, 0) is 43.2 Å². The summed E-state index contributed by atoms with van der Waals surface area (Å²) in [6.45, 7) is 1.10. The molecular weight excluding hydrogens is 330 g/mol. The van der Waals surface area contributed by atoms with Crippen LogP contribution in [0.25, 0.3) is 0 Å². The molecule has 6 heteroatoms. The number of nitrogens with one attached hydrogen (secondary N) is 1. The van der Waals surface area contributed by atoms with Crippen LogP contribution in [-0.4, -0.2) is 36.0 Å². The lowest BCUT2D eigenvalue weighted by Crippen LogP contribution is -2.47. The maximum Gasteiger partial charge on any atom is 0.412 e. The van der Waals surface area contributed by atoms with Gasteiger partial charge in [0.05, 0.1) is 11.6 Å². The molecule has 0 aromatic heterocycles. The summed E-state index contributed by atoms with van der Waals surface area (Å²) in [4.78, 5) is 26.2. The van der Waals surface area contributed by atoms with Crippen molar-refractivity contribution in [2.24, 2.45) is 0 Å². The van der Waals surface area contributed by atoms with Gasteiger partial charge in [-0.3, -0.25) is 4.79 Å². The number of carbonyl (C=O) groups excluding carboxylic acids is 2. The SMILES string of the molecule is N#Cc1cccc(C(=O)N2CCC(NC(=O)Oc3ccccc3)CC2)c1. The maximum atomic E-state index is 12.5. The fraction of sp³-hybridized carbons (Fsp3) is 0.250. The van der Waals surface area contributed by atoms with E-state index < -0.39 is 6.09 Å². The minimum Gasteiger partial charge on any atom is -0.410 e. The van der Waals surface area contributed by atoms with Crippen molar-refractivity contribution in [3.8, 4) is 11.8 Å². The predicted octanol–water partition coefficient (Wildman–Crippen LogP) is 2.95. The smallest absolute Gasteiger partial charge is 0.410 e. The third kappa shape index (κ3) is 4.39. The van der Waals surface area contributed by atoms with Crippen LogP contribution < -0.4 is 10.1 Å². The second kappa shape index (κ2) is 8.17. The highest BCUT2D eigenvalue weighted by Crippen LogP contribution is 2.16. The highest BCUT2D eigenvalue weighted by atomic mass is 16.6. The Kier molecular flexibility index (Phi) is 5.49. The summed E-state index contributed by atoms with van der Waals surface area (Å²) in [7, 11) is 0. The molecule has 0 atom stereocenters. The number of hydrogen-bond donors (Lipinski definition) is 1. The van der Waals surface area contributed by atoms with Gasteiger partial charge >= 0.3 is 6.09 Å². The molecule has 1 fully saturated rings. The molecular formula is C20H19N3O3. The fourth-order valence-corrected chi connectivity index (χ4v) is 2.92. The monoisotopic (exact) mass is 349 g/mol. The van der Waals surface area contributed by atoms with E-state index in [9.17, 15) is 9.59 Å². The van der Waals surface area contributed by atoms with E-state index >= 15 is 0 Å². The van der Waals surface area contributed by atoms with Crippen molar-refractivity contribution < 1.29 is 14.3 Å². The van der Waals surface area contributed by atoms with E-state index in [1.807, 2.05) is 12.1 Å². The van der Waals surface area contributed by atoms with E-state index in [0.717, 1.165) is 0 Å². The van der Waals surface area contributed by atoms with Gasteiger partial charge < -0.3 is 15.0 Å². The molecule has 0 radical (unpaired) electrons. The van der Waals surface area contributed by atoms with Gasteiger partial charge in [0.15, 0.2) is 0 Å². The summed E-state index contributed by atoms with van der Waals surface area (Å²) in [6.07, 6.45) is 0.837. The number of nitrogens with zero attached hydrogens (tertiary/aromatic N) is 2. The van der Waals surface area contributed by atoms with E-state index in [4.69, 9.17) is 10.00 Å². The molecule has 2 aromatic rings. The predicted molar refractivity (Wildman–Crippen MR) is 95.7 cm³/mol. The Bertz CT molecular complexity index is 822. The number of para-hydroxylation sites is 1. The number of amides is 2. The van der Waals surface area contributed by atoms with Gasteiger partial charge in [0.25, 0.3) is 5.91 Å². The van der Waals surface area contributed by atoms with Crippen molar-refractivity contribution in [2.75, 3.05) is 13.1 Å². The van der Waals surface area contributed by atoms with Crippen LogP contribution in [0.4, 0.5) is 4.79 Å². The van der Waals surface area contributed by atoms with E-state index in [1.165, 1.54) is 0 Å². The van der Waals surface area contributed by atoms with E-state index in [2.05, 4.69) is 5.32 Å². The summed E-state index contributed by atoms with van der Waals surface area (Å²) < 4.78 is 5.23. The molecule has 1 aliphatic rings. The largest absolute Gasteiger partial charge is 0.412 e. The van der Waals surface area contributed by atoms with Crippen LogP contribution in [0.15, 0.2) is 54.6 Å². The molecule has 1 saturated heterocycles. The van der Waals surface area contributed by atoms with Crippen LogP contribution in [-0.2, 0) is 0 Å². The van der Waals surface area contributed by atoms with Gasteiger partial charge in [0.1, 0.15) is 5.75 Å². The average molecular weight is 349 g/mol. The first-order valence-corrected chi connectivity index (χ1v) is 8.48. The number of likely N-dealkylation sites (tertiary alicyclic amines) is 1. The molecule has 0 bridgehead atoms. The molecule has 0 saturated carbocycles. The highest BCUT2D eigenvalue weighted by molar-refractivity contribution is 5.94. The van der Waals surface area contributed by atoms with Gasteiger partial charge in [-0.2, -0.15) is 5.26 Å². The summed E-state index contributed by atoms with van der Waals surface area (Å²) in [5.41, 5.74) is 0.981. The van der Waals surface area contributed by atoms with Crippen molar-refractivity contribution in [1.29, 1.82) is 5.26 Å². The Morgan fingerprint density at radius 1 is 1.08 bits per heavy atom. The number of ether oxygens (including phenoxy) is 1. The number of nitriles is 1. The zero-order valence-corrected chi connectivity index (χ0v) is 14.2. The molecule has 2 amide bonds. The van der Waals surface area contributed by atoms with Crippen LogP contribution >= 0.6 is 0 Å². The molecule has 1 heterocycles. The number of rotatable bonds is 3. The van der Waals surface area contributed by atoms with Gasteiger partial charge in [0.2, 0.25) is 0 Å². The number of piperidine rings is 1. The first kappa shape index (κ1) is 17.5. The second-order valence-corrected chi connectivity index (χ2v) is 6.11. The fourth-order valence-electron chi connectivity index (χ4n) is 2.92. The van der Waals surface area contributed by atoms with Crippen LogP contribution in [0.5, 0.6) is 5.75 Å². The molecule has 1 N–H and O–H groups in total. The normalized spacial score (nSPS) is 14.3. The highest BCUT2D eigenvalue weighted by Gasteiger charge is 2.25. The summed E-state index contributed by atoms with van der Waals surface area (Å²) in [5, 5.41) is 11.8. The Morgan fingerprint density at radius 2 is 1.81 bits per heavy atom. The molecule has 1 aliphatic heterocycles. The van der Waals surface area contributed by atoms with Gasteiger partial charge in [0, 0.05) is 24.7 Å². The van der Waals surface area contributed by atoms with Crippen LogP contribution in [0.3, 0.4) is 0 Å². The van der Waals surface area contributed by atoms with Crippen LogP contribution in [0, 0.1) is 11.3 Å². The van der Waals surface area contributed by atoms with E-state index in [0.29, 0.717) is 42.8 Å². The quantitative estimate of drug-likeness (QED) is 0.923. The third-order valence-electron chi connectivity index (χ3n) is 4.30. The van der Waals surface area contributed by atoms with Crippen molar-refractivity contribution in [3.05, 3.63) is 65.7 Å². The van der Waals surface area contributed by atoms with Crippen LogP contribution in [0.2, 0.25) is 0 Å². The van der Waals surface area contributed by atoms with E-state index in [1.54, 1.807) is 53.4 Å². The maximum absolute atomic E-state index is 12.5. The summed E-state index contributed by atoms with van der Waals surface area (Å²) in [5.74, 6) is 0.405. The standard InChI is InChI=1S/C20H19N3O3/c21-14-15-5-4-6-16(13-15)19(24)23-11-9-17(10-12-23)22-20(25)26-18-7-2-1-3-8-18/h1-8,13,17H,9-12H2,(H,22,25). The average Bonchev–Trinajstić information content (AvgIpc) is 2.69. The Balaban J connectivity index is 1.50. The number of hydrogen-bond acceptors (Lipinski definition) is 4. The zero-order chi connectivity index (χ0) is 18.4. The minimum atomic E-state index is -0.484. The minimum absolute atomic E-state index is 0.0271. The zero-order valence-electron chi connectivity index (χ0n) is 14.2. The van der Waals surface area contributed by atoms with Crippen molar-refractivity contribution in [1.82, 2.24) is 10.2 Å². The Morgan fingerprint density at radius 3 is 2.50 bits per heavy atom. The van der Waals surface area contributed by atoms with E-state index in [-0.39, 0.29) is 11.9 Å². The summed E-state index contributed by atoms with van der Waals surface area (Å²) in [6, 6.07) is 17.6. The second-order valence-electron chi connectivity index (χ2n) is 6.11. The molecule has 2 aromatic carbocycles. The first-order chi connectivity index (χ1) is 12.7. The molecule has 0 spiro atoms. The Labute approximate surface area is 152 Å². The molecule has 3 rings (SSSR count). The van der Waals surface area contributed by atoms with Crippen molar-refractivity contribution in [3.63, 3.8) is 0 Å². The van der Waals surface area contributed by atoms with Gasteiger partial charge in [-0.25, -0.2) is 4.79 Å². The van der Waals surface area contributed by atoms with Crippen molar-refractivity contribution >= 4 is 12.0 Å². The number of benzene rings is 2. The molecule has 6 nitrogen and oxygen atoms in total. The van der Waals surface area contributed by atoms with Crippen LogP contribution in [0.1, 0.15) is 28.8 Å². The Hall–Kier alpha value is -3.33. The lowest BCUT2D eigenvalue weighted by molar-refractivity contribution is 0.0706. The molecule has 0 aliphatic carbocycles. The third-order valence-corrected chi connectivity index (χ3v) is 4.30. The topological polar surface area (TPSA) is 82.4 Å². The molecule has 132 valence electrons. The molecule has 0 unspecified atom stereocenters. The van der Waals surface area contributed by atoms with Gasteiger partial charge in [-0.15, -0.1) is 0 Å². The first-order valence-electron chi connectivity index (χ1n) is 8.48. The lowest BCUT2D eigenvalue weighted by atomic mass is 10.0. The van der Waals surface area contributed by atoms with Gasteiger partial charge in [-0.1, -0.05) is 24.3 Å².